The predicted molar refractivity (Wildman–Crippen MR) is 72.7 cm³/mol. The molecule has 0 aromatic heterocycles. The highest BCUT2D eigenvalue weighted by atomic mass is 16.5. The van der Waals surface area contributed by atoms with Crippen LogP contribution in [0.1, 0.15) is 39.1 Å². The lowest BCUT2D eigenvalue weighted by molar-refractivity contribution is -0.0377. The zero-order chi connectivity index (χ0) is 13.9. The fraction of sp³-hybridized carbons (Fsp3) is 0.250. The van der Waals surface area contributed by atoms with Crippen molar-refractivity contribution in [3.8, 4) is 0 Å². The lowest BCUT2D eigenvalue weighted by atomic mass is 9.90. The summed E-state index contributed by atoms with van der Waals surface area (Å²) in [5, 5.41) is 11.5. The number of carbonyl (C=O) groups excluding carboxylic acids is 2. The highest BCUT2D eigenvalue weighted by molar-refractivity contribution is 6.25. The molecule has 1 N–H and O–H groups in total. The van der Waals surface area contributed by atoms with Crippen LogP contribution in [-0.2, 0) is 6.42 Å². The molecule has 0 unspecified atom stereocenters. The third-order valence-corrected chi connectivity index (χ3v) is 4.18. The van der Waals surface area contributed by atoms with Crippen LogP contribution < -0.4 is 0 Å². The Bertz CT molecular complexity index is 739. The molecule has 2 aromatic rings. The Morgan fingerprint density at radius 2 is 1.75 bits per heavy atom. The molecule has 1 aliphatic heterocycles. The minimum absolute atomic E-state index is 0.206. The number of carbonyl (C=O) groups is 2. The van der Waals surface area contributed by atoms with E-state index in [2.05, 4.69) is 0 Å². The molecule has 2 aromatic carbocycles. The van der Waals surface area contributed by atoms with E-state index in [0.717, 1.165) is 17.7 Å². The molecule has 0 atom stereocenters. The van der Waals surface area contributed by atoms with E-state index in [0.29, 0.717) is 16.5 Å². The average molecular weight is 267 g/mol. The normalized spacial score (nSPS) is 17.9. The number of benzene rings is 2. The molecule has 2 amide bonds. The summed E-state index contributed by atoms with van der Waals surface area (Å²) in [5.41, 5.74) is 1.98. The van der Waals surface area contributed by atoms with Crippen molar-refractivity contribution in [1.82, 2.24) is 5.06 Å². The first-order valence-corrected chi connectivity index (χ1v) is 6.79. The van der Waals surface area contributed by atoms with Crippen LogP contribution >= 0.6 is 0 Å². The van der Waals surface area contributed by atoms with Crippen LogP contribution in [0.5, 0.6) is 0 Å². The second kappa shape index (κ2) is 3.90. The molecule has 4 heteroatoms. The van der Waals surface area contributed by atoms with Gasteiger partial charge in [0.2, 0.25) is 0 Å². The molecule has 0 bridgehead atoms. The van der Waals surface area contributed by atoms with Crippen LogP contribution in [0.3, 0.4) is 0 Å². The molecule has 2 aliphatic rings. The van der Waals surface area contributed by atoms with E-state index in [-0.39, 0.29) is 5.06 Å². The van der Waals surface area contributed by atoms with Gasteiger partial charge < -0.3 is 0 Å². The number of hydroxylamine groups is 2. The molecule has 1 aliphatic carbocycles. The summed E-state index contributed by atoms with van der Waals surface area (Å²) in [6.45, 7) is 0. The number of imide groups is 1. The fourth-order valence-corrected chi connectivity index (χ4v) is 2.95. The first kappa shape index (κ1) is 11.6. The van der Waals surface area contributed by atoms with Gasteiger partial charge in [0.25, 0.3) is 11.8 Å². The summed E-state index contributed by atoms with van der Waals surface area (Å²) in [5.74, 6) is -0.551. The van der Waals surface area contributed by atoms with Gasteiger partial charge in [0.15, 0.2) is 0 Å². The Hall–Kier alpha value is -2.20. The summed E-state index contributed by atoms with van der Waals surface area (Å²) in [6, 6.07) is 9.08. The lowest BCUT2D eigenvalue weighted by Crippen LogP contribution is -2.37. The molecule has 100 valence electrons. The summed E-state index contributed by atoms with van der Waals surface area (Å²) in [4.78, 5) is 24.0. The summed E-state index contributed by atoms with van der Waals surface area (Å²) in [6.07, 6.45) is 3.50. The van der Waals surface area contributed by atoms with Crippen LogP contribution in [0.25, 0.3) is 10.8 Å². The van der Waals surface area contributed by atoms with Crippen molar-refractivity contribution in [1.29, 1.82) is 0 Å². The molecule has 0 spiro atoms. The van der Waals surface area contributed by atoms with Gasteiger partial charge in [0.1, 0.15) is 0 Å². The van der Waals surface area contributed by atoms with E-state index >= 15 is 0 Å². The van der Waals surface area contributed by atoms with Crippen LogP contribution in [-0.4, -0.2) is 22.1 Å². The first-order chi connectivity index (χ1) is 9.66. The van der Waals surface area contributed by atoms with Gasteiger partial charge in [-0.15, -0.1) is 5.06 Å². The number of nitrogens with zero attached hydrogens (tertiary/aromatic N) is 1. The predicted octanol–water partition coefficient (Wildman–Crippen LogP) is 2.78. The smallest absolute Gasteiger partial charge is 0.278 e. The molecule has 1 saturated carbocycles. The minimum Gasteiger partial charge on any atom is -0.278 e. The van der Waals surface area contributed by atoms with Gasteiger partial charge >= 0.3 is 0 Å². The Labute approximate surface area is 115 Å². The fourth-order valence-electron chi connectivity index (χ4n) is 2.95. The van der Waals surface area contributed by atoms with Gasteiger partial charge in [0, 0.05) is 5.39 Å². The van der Waals surface area contributed by atoms with Crippen LogP contribution in [0.4, 0.5) is 0 Å². The minimum atomic E-state index is -0.642. The van der Waals surface area contributed by atoms with Crippen molar-refractivity contribution in [2.75, 3.05) is 0 Å². The third kappa shape index (κ3) is 1.51. The summed E-state index contributed by atoms with van der Waals surface area (Å²) in [7, 11) is 0. The zero-order valence-electron chi connectivity index (χ0n) is 10.8. The Morgan fingerprint density at radius 3 is 2.45 bits per heavy atom. The van der Waals surface area contributed by atoms with Crippen LogP contribution in [0.2, 0.25) is 0 Å². The van der Waals surface area contributed by atoms with E-state index in [1.54, 1.807) is 18.2 Å². The molecular weight excluding hydrogens is 254 g/mol. The van der Waals surface area contributed by atoms with Crippen molar-refractivity contribution in [2.24, 2.45) is 5.92 Å². The molecule has 4 rings (SSSR count). The molecule has 20 heavy (non-hydrogen) atoms. The second-order valence-corrected chi connectivity index (χ2v) is 5.57. The van der Waals surface area contributed by atoms with Crippen molar-refractivity contribution in [3.05, 3.63) is 47.0 Å². The monoisotopic (exact) mass is 267 g/mol. The van der Waals surface area contributed by atoms with Gasteiger partial charge in [-0.1, -0.05) is 18.2 Å². The van der Waals surface area contributed by atoms with Crippen LogP contribution in [0.15, 0.2) is 30.3 Å². The molecule has 0 saturated heterocycles. The van der Waals surface area contributed by atoms with E-state index in [9.17, 15) is 14.8 Å². The number of rotatable bonds is 2. The maximum atomic E-state index is 12.0. The number of hydrogen-bond donors (Lipinski definition) is 1. The SMILES string of the molecule is O=C1c2cccc3c(CC4CC4)ccc(c23)C(=O)N1O. The van der Waals surface area contributed by atoms with Gasteiger partial charge in [-0.05, 0) is 48.3 Å². The van der Waals surface area contributed by atoms with Gasteiger partial charge in [0.05, 0.1) is 11.1 Å². The molecule has 4 nitrogen and oxygen atoms in total. The van der Waals surface area contributed by atoms with Gasteiger partial charge in [-0.2, -0.15) is 0 Å². The van der Waals surface area contributed by atoms with Gasteiger partial charge in [-0.3, -0.25) is 14.8 Å². The number of hydrogen-bond acceptors (Lipinski definition) is 3. The van der Waals surface area contributed by atoms with Gasteiger partial charge in [-0.25, -0.2) is 0 Å². The second-order valence-electron chi connectivity index (χ2n) is 5.57. The molecule has 0 radical (unpaired) electrons. The quantitative estimate of drug-likeness (QED) is 0.672. The maximum Gasteiger partial charge on any atom is 0.285 e. The highest BCUT2D eigenvalue weighted by Crippen LogP contribution is 2.37. The highest BCUT2D eigenvalue weighted by Gasteiger charge is 2.33. The average Bonchev–Trinajstić information content (AvgIpc) is 3.27. The molecule has 1 heterocycles. The Morgan fingerprint density at radius 1 is 1.05 bits per heavy atom. The van der Waals surface area contributed by atoms with E-state index < -0.39 is 11.8 Å². The summed E-state index contributed by atoms with van der Waals surface area (Å²) < 4.78 is 0. The van der Waals surface area contributed by atoms with E-state index in [1.807, 2.05) is 12.1 Å². The first-order valence-electron chi connectivity index (χ1n) is 6.79. The maximum absolute atomic E-state index is 12.0. The van der Waals surface area contributed by atoms with E-state index in [1.165, 1.54) is 18.4 Å². The van der Waals surface area contributed by atoms with Crippen LogP contribution in [0, 0.1) is 5.92 Å². The molecule has 1 fully saturated rings. The largest absolute Gasteiger partial charge is 0.285 e. The van der Waals surface area contributed by atoms with Crippen molar-refractivity contribution >= 4 is 22.6 Å². The lowest BCUT2D eigenvalue weighted by Gasteiger charge is -2.22. The van der Waals surface area contributed by atoms with E-state index in [4.69, 9.17) is 0 Å². The van der Waals surface area contributed by atoms with Crippen molar-refractivity contribution in [3.63, 3.8) is 0 Å². The standard InChI is InChI=1S/C16H13NO3/c18-15-12-3-1-2-11-10(8-9-4-5-9)6-7-13(14(11)12)16(19)17(15)20/h1-3,6-7,9,20H,4-5,8H2. The number of amides is 2. The van der Waals surface area contributed by atoms with Crippen molar-refractivity contribution in [2.45, 2.75) is 19.3 Å². The third-order valence-electron chi connectivity index (χ3n) is 4.18. The zero-order valence-corrected chi connectivity index (χ0v) is 10.8. The van der Waals surface area contributed by atoms with Crippen molar-refractivity contribution < 1.29 is 14.8 Å². The Balaban J connectivity index is 2.02. The molecular formula is C16H13NO3. The summed E-state index contributed by atoms with van der Waals surface area (Å²) >= 11 is 0. The topological polar surface area (TPSA) is 57.6 Å². The Kier molecular flexibility index (Phi) is 2.26.